The van der Waals surface area contributed by atoms with E-state index in [2.05, 4.69) is 4.72 Å². The molecule has 0 saturated carbocycles. The first-order valence-electron chi connectivity index (χ1n) is 8.84. The maximum atomic E-state index is 12.8. The molecule has 0 radical (unpaired) electrons. The number of rotatable bonds is 6. The highest BCUT2D eigenvalue weighted by Gasteiger charge is 2.16. The van der Waals surface area contributed by atoms with Gasteiger partial charge in [-0.25, -0.2) is 8.42 Å². The van der Waals surface area contributed by atoms with Gasteiger partial charge in [-0.2, -0.15) is 0 Å². The van der Waals surface area contributed by atoms with Crippen molar-refractivity contribution in [2.75, 3.05) is 11.8 Å². The van der Waals surface area contributed by atoms with Crippen LogP contribution in [0.15, 0.2) is 83.8 Å². The zero-order chi connectivity index (χ0) is 20.1. The second-order valence-electron chi connectivity index (χ2n) is 6.65. The average Bonchev–Trinajstić information content (AvgIpc) is 2.68. The number of amides is 1. The molecule has 144 valence electrons. The number of hydrogen-bond acceptors (Lipinski definition) is 3. The lowest BCUT2D eigenvalue weighted by molar-refractivity contribution is 0.0785. The quantitative estimate of drug-likeness (QED) is 0.685. The van der Waals surface area contributed by atoms with Crippen LogP contribution in [0.5, 0.6) is 0 Å². The first-order valence-corrected chi connectivity index (χ1v) is 10.3. The number of benzene rings is 3. The Labute approximate surface area is 165 Å². The monoisotopic (exact) mass is 394 g/mol. The second kappa shape index (κ2) is 8.27. The Morgan fingerprint density at radius 3 is 2.36 bits per heavy atom. The van der Waals surface area contributed by atoms with Crippen molar-refractivity contribution in [1.29, 1.82) is 0 Å². The van der Waals surface area contributed by atoms with E-state index in [0.717, 1.165) is 11.1 Å². The number of nitrogens with zero attached hydrogens (tertiary/aromatic N) is 1. The molecule has 3 rings (SSSR count). The number of carbonyl (C=O) groups excluding carboxylic acids is 1. The van der Waals surface area contributed by atoms with Crippen molar-refractivity contribution in [2.45, 2.75) is 18.4 Å². The number of aryl methyl sites for hydroxylation is 1. The van der Waals surface area contributed by atoms with Crippen LogP contribution in [0.4, 0.5) is 5.69 Å². The van der Waals surface area contributed by atoms with Crippen LogP contribution in [0, 0.1) is 6.92 Å². The molecule has 3 aromatic rings. The van der Waals surface area contributed by atoms with E-state index in [9.17, 15) is 13.2 Å². The fourth-order valence-electron chi connectivity index (χ4n) is 2.91. The summed E-state index contributed by atoms with van der Waals surface area (Å²) >= 11 is 0. The predicted molar refractivity (Wildman–Crippen MR) is 111 cm³/mol. The molecule has 0 spiro atoms. The normalized spacial score (nSPS) is 11.1. The Balaban J connectivity index is 1.76. The summed E-state index contributed by atoms with van der Waals surface area (Å²) < 4.78 is 27.5. The largest absolute Gasteiger partial charge is 0.337 e. The SMILES string of the molecule is Cc1cccc(CN(C)C(=O)c2cccc(NS(=O)(=O)c3ccccc3)c2)c1. The zero-order valence-corrected chi connectivity index (χ0v) is 16.6. The molecule has 5 nitrogen and oxygen atoms in total. The minimum atomic E-state index is -3.70. The Morgan fingerprint density at radius 1 is 0.929 bits per heavy atom. The molecule has 3 aromatic carbocycles. The van der Waals surface area contributed by atoms with Crippen molar-refractivity contribution in [3.63, 3.8) is 0 Å². The highest BCUT2D eigenvalue weighted by molar-refractivity contribution is 7.92. The summed E-state index contributed by atoms with van der Waals surface area (Å²) in [5.41, 5.74) is 2.94. The average molecular weight is 394 g/mol. The van der Waals surface area contributed by atoms with E-state index in [-0.39, 0.29) is 10.8 Å². The van der Waals surface area contributed by atoms with Gasteiger partial charge < -0.3 is 4.90 Å². The molecular formula is C22H22N2O3S. The van der Waals surface area contributed by atoms with Crippen LogP contribution in [0.1, 0.15) is 21.5 Å². The number of anilines is 1. The zero-order valence-electron chi connectivity index (χ0n) is 15.8. The molecule has 1 N–H and O–H groups in total. The van der Waals surface area contributed by atoms with Gasteiger partial charge >= 0.3 is 0 Å². The molecule has 6 heteroatoms. The molecule has 0 heterocycles. The Bertz CT molecular complexity index is 1080. The maximum absolute atomic E-state index is 12.8. The molecule has 0 bridgehead atoms. The molecule has 0 aromatic heterocycles. The summed E-state index contributed by atoms with van der Waals surface area (Å²) in [6.07, 6.45) is 0. The van der Waals surface area contributed by atoms with E-state index in [4.69, 9.17) is 0 Å². The minimum absolute atomic E-state index is 0.170. The number of hydrogen-bond donors (Lipinski definition) is 1. The van der Waals surface area contributed by atoms with Crippen LogP contribution in [-0.2, 0) is 16.6 Å². The molecule has 0 aliphatic rings. The number of sulfonamides is 1. The lowest BCUT2D eigenvalue weighted by Crippen LogP contribution is -2.26. The lowest BCUT2D eigenvalue weighted by Gasteiger charge is -2.18. The molecule has 0 aliphatic heterocycles. The van der Waals surface area contributed by atoms with E-state index in [1.54, 1.807) is 54.4 Å². The van der Waals surface area contributed by atoms with Crippen LogP contribution in [-0.4, -0.2) is 26.3 Å². The van der Waals surface area contributed by atoms with Gasteiger partial charge in [-0.1, -0.05) is 54.1 Å². The van der Waals surface area contributed by atoms with Crippen molar-refractivity contribution in [3.05, 3.63) is 95.6 Å². The lowest BCUT2D eigenvalue weighted by atomic mass is 10.1. The van der Waals surface area contributed by atoms with Gasteiger partial charge in [-0.3, -0.25) is 9.52 Å². The van der Waals surface area contributed by atoms with Crippen LogP contribution < -0.4 is 4.72 Å². The number of nitrogens with one attached hydrogen (secondary N) is 1. The van der Waals surface area contributed by atoms with Crippen molar-refractivity contribution in [1.82, 2.24) is 4.90 Å². The van der Waals surface area contributed by atoms with E-state index >= 15 is 0 Å². The van der Waals surface area contributed by atoms with Crippen molar-refractivity contribution < 1.29 is 13.2 Å². The van der Waals surface area contributed by atoms with Crippen LogP contribution in [0.25, 0.3) is 0 Å². The molecule has 1 amide bonds. The maximum Gasteiger partial charge on any atom is 0.261 e. The summed E-state index contributed by atoms with van der Waals surface area (Å²) in [6.45, 7) is 2.48. The van der Waals surface area contributed by atoms with Gasteiger partial charge in [0, 0.05) is 24.8 Å². The summed E-state index contributed by atoms with van der Waals surface area (Å²) in [4.78, 5) is 14.6. The second-order valence-corrected chi connectivity index (χ2v) is 8.33. The van der Waals surface area contributed by atoms with Crippen LogP contribution in [0.3, 0.4) is 0 Å². The van der Waals surface area contributed by atoms with Gasteiger partial charge in [0.2, 0.25) is 0 Å². The van der Waals surface area contributed by atoms with E-state index in [1.165, 1.54) is 12.1 Å². The molecule has 28 heavy (non-hydrogen) atoms. The molecule has 0 fully saturated rings. The Hall–Kier alpha value is -3.12. The predicted octanol–water partition coefficient (Wildman–Crippen LogP) is 4.07. The Morgan fingerprint density at radius 2 is 1.64 bits per heavy atom. The van der Waals surface area contributed by atoms with Gasteiger partial charge in [-0.15, -0.1) is 0 Å². The van der Waals surface area contributed by atoms with E-state index < -0.39 is 10.0 Å². The van der Waals surface area contributed by atoms with Gasteiger partial charge in [-0.05, 0) is 42.8 Å². The van der Waals surface area contributed by atoms with E-state index in [0.29, 0.717) is 17.8 Å². The van der Waals surface area contributed by atoms with Crippen molar-refractivity contribution in [3.8, 4) is 0 Å². The standard InChI is InChI=1S/C22H22N2O3S/c1-17-8-6-9-18(14-17)16-24(2)22(25)19-10-7-11-20(15-19)23-28(26,27)21-12-4-3-5-13-21/h3-15,23H,16H2,1-2H3. The summed E-state index contributed by atoms with van der Waals surface area (Å²) in [7, 11) is -1.98. The van der Waals surface area contributed by atoms with E-state index in [1.807, 2.05) is 31.2 Å². The highest BCUT2D eigenvalue weighted by Crippen LogP contribution is 2.18. The fourth-order valence-corrected chi connectivity index (χ4v) is 3.98. The Kier molecular flexibility index (Phi) is 5.80. The third-order valence-electron chi connectivity index (χ3n) is 4.26. The summed E-state index contributed by atoms with van der Waals surface area (Å²) in [5.74, 6) is -0.178. The van der Waals surface area contributed by atoms with Crippen molar-refractivity contribution in [2.24, 2.45) is 0 Å². The van der Waals surface area contributed by atoms with Gasteiger partial charge in [0.1, 0.15) is 0 Å². The fraction of sp³-hybridized carbons (Fsp3) is 0.136. The summed E-state index contributed by atoms with van der Waals surface area (Å²) in [6, 6.07) is 22.6. The molecule has 0 atom stereocenters. The van der Waals surface area contributed by atoms with Crippen LogP contribution in [0.2, 0.25) is 0 Å². The molecular weight excluding hydrogens is 372 g/mol. The summed E-state index contributed by atoms with van der Waals surface area (Å²) in [5, 5.41) is 0. The number of carbonyl (C=O) groups is 1. The molecule has 0 aliphatic carbocycles. The van der Waals surface area contributed by atoms with Gasteiger partial charge in [0.15, 0.2) is 0 Å². The first-order chi connectivity index (χ1) is 13.3. The van der Waals surface area contributed by atoms with Gasteiger partial charge in [0.25, 0.3) is 15.9 Å². The van der Waals surface area contributed by atoms with Crippen LogP contribution >= 0.6 is 0 Å². The molecule has 0 saturated heterocycles. The third kappa shape index (κ3) is 4.78. The first kappa shape index (κ1) is 19.6. The third-order valence-corrected chi connectivity index (χ3v) is 5.66. The highest BCUT2D eigenvalue weighted by atomic mass is 32.2. The molecule has 0 unspecified atom stereocenters. The van der Waals surface area contributed by atoms with Gasteiger partial charge in [0.05, 0.1) is 4.90 Å². The van der Waals surface area contributed by atoms with Crippen molar-refractivity contribution >= 4 is 21.6 Å². The smallest absolute Gasteiger partial charge is 0.261 e. The topological polar surface area (TPSA) is 66.5 Å². The minimum Gasteiger partial charge on any atom is -0.337 e.